The number of esters is 1. The average molecular weight is 497 g/mol. The van der Waals surface area contributed by atoms with Crippen molar-refractivity contribution in [2.75, 3.05) is 11.3 Å². The third-order valence-electron chi connectivity index (χ3n) is 4.20. The maximum Gasteiger partial charge on any atom is 0.338 e. The molecule has 0 heterocycles. The number of amides is 1. The van der Waals surface area contributed by atoms with E-state index in [0.29, 0.717) is 0 Å². The normalized spacial score (nSPS) is 11.4. The van der Waals surface area contributed by atoms with Gasteiger partial charge in [0.15, 0.2) is 6.61 Å². The molecule has 0 fully saturated rings. The van der Waals surface area contributed by atoms with E-state index in [9.17, 15) is 18.0 Å². The highest BCUT2D eigenvalue weighted by molar-refractivity contribution is 9.10. The third-order valence-corrected chi connectivity index (χ3v) is 6.13. The fourth-order valence-corrected chi connectivity index (χ4v) is 4.31. The van der Waals surface area contributed by atoms with Gasteiger partial charge in [-0.05, 0) is 70.2 Å². The Kier molecular flexibility index (Phi) is 8.03. The van der Waals surface area contributed by atoms with Crippen LogP contribution in [-0.2, 0) is 19.6 Å². The lowest BCUT2D eigenvalue weighted by atomic mass is 10.2. The van der Waals surface area contributed by atoms with Crippen LogP contribution in [0.15, 0.2) is 57.9 Å². The minimum Gasteiger partial charge on any atom is -0.452 e. The lowest BCUT2D eigenvalue weighted by Crippen LogP contribution is -2.44. The Morgan fingerprint density at radius 1 is 1.03 bits per heavy atom. The molecule has 0 radical (unpaired) electrons. The van der Waals surface area contributed by atoms with Crippen molar-refractivity contribution in [1.82, 2.24) is 4.90 Å². The monoisotopic (exact) mass is 496 g/mol. The van der Waals surface area contributed by atoms with E-state index in [2.05, 4.69) is 20.7 Å². The van der Waals surface area contributed by atoms with Gasteiger partial charge in [0, 0.05) is 22.2 Å². The molecule has 9 heteroatoms. The van der Waals surface area contributed by atoms with Crippen molar-refractivity contribution in [1.29, 1.82) is 0 Å². The van der Waals surface area contributed by atoms with E-state index in [1.165, 1.54) is 36.4 Å². The maximum absolute atomic E-state index is 12.5. The molecule has 162 valence electrons. The molecule has 0 aliphatic carbocycles. The van der Waals surface area contributed by atoms with Crippen LogP contribution < -0.4 is 4.72 Å². The highest BCUT2D eigenvalue weighted by Crippen LogP contribution is 2.20. The second-order valence-electron chi connectivity index (χ2n) is 7.20. The molecule has 0 unspecified atom stereocenters. The van der Waals surface area contributed by atoms with Gasteiger partial charge in [0.1, 0.15) is 0 Å². The molecule has 2 aromatic rings. The summed E-state index contributed by atoms with van der Waals surface area (Å²) in [6.45, 7) is 7.17. The number of halogens is 1. The quantitative estimate of drug-likeness (QED) is 0.556. The number of ether oxygens (including phenoxy) is 1. The first-order valence-corrected chi connectivity index (χ1v) is 11.7. The standard InChI is InChI=1S/C21H25BrN2O5S/c1-14(2)24(15(3)4)20(25)13-29-21(26)16-6-5-7-18(12-16)23-30(27,28)19-10-8-17(22)9-11-19/h5-12,14-15,23H,13H2,1-4H3. The topological polar surface area (TPSA) is 92.8 Å². The van der Waals surface area contributed by atoms with Gasteiger partial charge in [-0.15, -0.1) is 0 Å². The van der Waals surface area contributed by atoms with Crippen molar-refractivity contribution in [3.63, 3.8) is 0 Å². The summed E-state index contributed by atoms with van der Waals surface area (Å²) in [5, 5.41) is 0. The molecule has 0 bridgehead atoms. The Bertz CT molecular complexity index is 996. The van der Waals surface area contributed by atoms with Gasteiger partial charge >= 0.3 is 5.97 Å². The van der Waals surface area contributed by atoms with Gasteiger partial charge in [-0.25, -0.2) is 13.2 Å². The fraction of sp³-hybridized carbons (Fsp3) is 0.333. The molecule has 0 aliphatic heterocycles. The maximum atomic E-state index is 12.5. The Labute approximate surface area is 185 Å². The zero-order valence-electron chi connectivity index (χ0n) is 17.3. The number of anilines is 1. The summed E-state index contributed by atoms with van der Waals surface area (Å²) in [6.07, 6.45) is 0. The molecule has 2 aromatic carbocycles. The molecule has 0 atom stereocenters. The Morgan fingerprint density at radius 2 is 1.63 bits per heavy atom. The van der Waals surface area contributed by atoms with Crippen molar-refractivity contribution >= 4 is 43.5 Å². The highest BCUT2D eigenvalue weighted by atomic mass is 79.9. The first-order valence-electron chi connectivity index (χ1n) is 9.38. The summed E-state index contributed by atoms with van der Waals surface area (Å²) in [5.74, 6) is -0.999. The number of carbonyl (C=O) groups is 2. The zero-order valence-corrected chi connectivity index (χ0v) is 19.7. The number of hydrogen-bond donors (Lipinski definition) is 1. The molecule has 30 heavy (non-hydrogen) atoms. The number of rotatable bonds is 8. The van der Waals surface area contributed by atoms with Gasteiger partial charge < -0.3 is 9.64 Å². The summed E-state index contributed by atoms with van der Waals surface area (Å²) < 4.78 is 33.4. The lowest BCUT2D eigenvalue weighted by Gasteiger charge is -2.30. The van der Waals surface area contributed by atoms with Gasteiger partial charge in [-0.2, -0.15) is 0 Å². The highest BCUT2D eigenvalue weighted by Gasteiger charge is 2.22. The van der Waals surface area contributed by atoms with Crippen LogP contribution in [0.4, 0.5) is 5.69 Å². The van der Waals surface area contributed by atoms with Crippen LogP contribution in [0.2, 0.25) is 0 Å². The van der Waals surface area contributed by atoms with E-state index < -0.39 is 16.0 Å². The second-order valence-corrected chi connectivity index (χ2v) is 9.80. The molecule has 0 spiro atoms. The molecule has 7 nitrogen and oxygen atoms in total. The van der Waals surface area contributed by atoms with Gasteiger partial charge in [-0.1, -0.05) is 22.0 Å². The van der Waals surface area contributed by atoms with Crippen LogP contribution in [0.5, 0.6) is 0 Å². The average Bonchev–Trinajstić information content (AvgIpc) is 2.65. The van der Waals surface area contributed by atoms with Crippen LogP contribution >= 0.6 is 15.9 Å². The van der Waals surface area contributed by atoms with E-state index in [-0.39, 0.29) is 40.7 Å². The minimum absolute atomic E-state index is 0.0208. The summed E-state index contributed by atoms with van der Waals surface area (Å²) in [7, 11) is -3.81. The molecular weight excluding hydrogens is 472 g/mol. The third kappa shape index (κ3) is 6.30. The van der Waals surface area contributed by atoms with E-state index >= 15 is 0 Å². The molecule has 1 amide bonds. The summed E-state index contributed by atoms with van der Waals surface area (Å²) in [5.41, 5.74) is 0.351. The van der Waals surface area contributed by atoms with Crippen molar-refractivity contribution in [2.24, 2.45) is 0 Å². The molecule has 0 aliphatic rings. The number of nitrogens with one attached hydrogen (secondary N) is 1. The van der Waals surface area contributed by atoms with Gasteiger partial charge in [0.25, 0.3) is 15.9 Å². The van der Waals surface area contributed by atoms with Gasteiger partial charge in [0.2, 0.25) is 0 Å². The van der Waals surface area contributed by atoms with Crippen LogP contribution in [0, 0.1) is 0 Å². The van der Waals surface area contributed by atoms with Crippen LogP contribution in [0.1, 0.15) is 38.1 Å². The van der Waals surface area contributed by atoms with Crippen molar-refractivity contribution in [3.8, 4) is 0 Å². The van der Waals surface area contributed by atoms with Gasteiger partial charge in [0.05, 0.1) is 10.5 Å². The molecular formula is C21H25BrN2O5S. The lowest BCUT2D eigenvalue weighted by molar-refractivity contribution is -0.138. The number of sulfonamides is 1. The zero-order chi connectivity index (χ0) is 22.5. The number of hydrogen-bond acceptors (Lipinski definition) is 5. The van der Waals surface area contributed by atoms with E-state index in [0.717, 1.165) is 4.47 Å². The first kappa shape index (κ1) is 23.9. The molecule has 1 N–H and O–H groups in total. The van der Waals surface area contributed by atoms with E-state index in [1.54, 1.807) is 17.0 Å². The van der Waals surface area contributed by atoms with Crippen LogP contribution in [0.3, 0.4) is 0 Å². The summed E-state index contributed by atoms with van der Waals surface area (Å²) in [6, 6.07) is 12.0. The largest absolute Gasteiger partial charge is 0.452 e. The van der Waals surface area contributed by atoms with Crippen LogP contribution in [0.25, 0.3) is 0 Å². The number of benzene rings is 2. The van der Waals surface area contributed by atoms with Crippen molar-refractivity contribution in [2.45, 2.75) is 44.7 Å². The van der Waals surface area contributed by atoms with Crippen molar-refractivity contribution < 1.29 is 22.7 Å². The van der Waals surface area contributed by atoms with E-state index in [4.69, 9.17) is 4.74 Å². The van der Waals surface area contributed by atoms with Gasteiger partial charge in [-0.3, -0.25) is 9.52 Å². The smallest absolute Gasteiger partial charge is 0.338 e. The predicted octanol–water partition coefficient (Wildman–Crippen LogP) is 4.05. The molecule has 0 saturated heterocycles. The summed E-state index contributed by atoms with van der Waals surface area (Å²) >= 11 is 3.26. The predicted molar refractivity (Wildman–Crippen MR) is 119 cm³/mol. The second kappa shape index (κ2) is 10.1. The molecule has 0 aromatic heterocycles. The fourth-order valence-electron chi connectivity index (χ4n) is 2.99. The van der Waals surface area contributed by atoms with Crippen LogP contribution in [-0.4, -0.2) is 43.9 Å². The van der Waals surface area contributed by atoms with Crippen molar-refractivity contribution in [3.05, 3.63) is 58.6 Å². The van der Waals surface area contributed by atoms with E-state index in [1.807, 2.05) is 27.7 Å². The minimum atomic E-state index is -3.81. The molecule has 2 rings (SSSR count). The first-order chi connectivity index (χ1) is 14.0. The Balaban J connectivity index is 2.08. The Hall–Kier alpha value is -2.39. The number of carbonyl (C=O) groups excluding carboxylic acids is 2. The SMILES string of the molecule is CC(C)N(C(=O)COC(=O)c1cccc(NS(=O)(=O)c2ccc(Br)cc2)c1)C(C)C. The Morgan fingerprint density at radius 3 is 2.20 bits per heavy atom. The summed E-state index contributed by atoms with van der Waals surface area (Å²) in [4.78, 5) is 26.4. The molecule has 0 saturated carbocycles. The number of nitrogens with zero attached hydrogens (tertiary/aromatic N) is 1.